The van der Waals surface area contributed by atoms with Crippen LogP contribution in [-0.2, 0) is 9.53 Å². The molecule has 0 saturated carbocycles. The zero-order valence-electron chi connectivity index (χ0n) is 13.2. The largest absolute Gasteiger partial charge is 0.484 e. The molecule has 2 heterocycles. The highest BCUT2D eigenvalue weighted by Crippen LogP contribution is 2.16. The number of carbonyl (C=O) groups is 1. The van der Waals surface area contributed by atoms with Crippen LogP contribution in [0.15, 0.2) is 24.3 Å². The fourth-order valence-electron chi connectivity index (χ4n) is 3.02. The monoisotopic (exact) mass is 338 g/mol. The van der Waals surface area contributed by atoms with E-state index >= 15 is 0 Å². The second-order valence-corrected chi connectivity index (χ2v) is 6.50. The minimum absolute atomic E-state index is 0.0386. The summed E-state index contributed by atoms with van der Waals surface area (Å²) in [6, 6.07) is 7.06. The third kappa shape index (κ3) is 4.83. The summed E-state index contributed by atoms with van der Waals surface area (Å²) < 4.78 is 11.2. The smallest absolute Gasteiger partial charge is 0.260 e. The van der Waals surface area contributed by atoms with E-state index < -0.39 is 0 Å². The van der Waals surface area contributed by atoms with Crippen LogP contribution in [0.5, 0.6) is 5.75 Å². The van der Waals surface area contributed by atoms with Gasteiger partial charge >= 0.3 is 0 Å². The lowest BCUT2D eigenvalue weighted by molar-refractivity contribution is -0.135. The molecule has 1 aromatic rings. The molecule has 0 bridgehead atoms. The Bertz CT molecular complexity index is 509. The highest BCUT2D eigenvalue weighted by Gasteiger charge is 2.24. The normalized spacial score (nSPS) is 22.3. The predicted octanol–water partition coefficient (Wildman–Crippen LogP) is 2.04. The van der Waals surface area contributed by atoms with E-state index in [1.807, 2.05) is 4.90 Å². The molecule has 1 atom stereocenters. The van der Waals surface area contributed by atoms with Crippen molar-refractivity contribution in [2.75, 3.05) is 45.9 Å². The SMILES string of the molecule is O=C(COc1ccc(Cl)cc1)N1CCN(CC2CCCO2)CC1. The molecule has 2 saturated heterocycles. The number of rotatable bonds is 5. The molecule has 0 spiro atoms. The highest BCUT2D eigenvalue weighted by molar-refractivity contribution is 6.30. The minimum atomic E-state index is 0.0386. The number of hydrogen-bond donors (Lipinski definition) is 0. The number of benzene rings is 1. The molecule has 3 rings (SSSR count). The van der Waals surface area contributed by atoms with E-state index in [1.54, 1.807) is 24.3 Å². The zero-order chi connectivity index (χ0) is 16.1. The summed E-state index contributed by atoms with van der Waals surface area (Å²) in [5.74, 6) is 0.705. The van der Waals surface area contributed by atoms with Gasteiger partial charge in [0.25, 0.3) is 5.91 Å². The minimum Gasteiger partial charge on any atom is -0.484 e. The summed E-state index contributed by atoms with van der Waals surface area (Å²) in [6.45, 7) is 5.30. The van der Waals surface area contributed by atoms with Gasteiger partial charge in [-0.2, -0.15) is 0 Å². The second kappa shape index (κ2) is 7.99. The predicted molar refractivity (Wildman–Crippen MR) is 88.9 cm³/mol. The molecule has 1 amide bonds. The molecule has 23 heavy (non-hydrogen) atoms. The van der Waals surface area contributed by atoms with Crippen LogP contribution in [0.25, 0.3) is 0 Å². The van der Waals surface area contributed by atoms with Gasteiger partial charge in [0.1, 0.15) is 5.75 Å². The van der Waals surface area contributed by atoms with E-state index in [0.29, 0.717) is 16.9 Å². The van der Waals surface area contributed by atoms with Gasteiger partial charge in [0.15, 0.2) is 6.61 Å². The Morgan fingerprint density at radius 2 is 1.96 bits per heavy atom. The van der Waals surface area contributed by atoms with E-state index in [1.165, 1.54) is 6.42 Å². The lowest BCUT2D eigenvalue weighted by atomic mass is 10.2. The summed E-state index contributed by atoms with van der Waals surface area (Å²) in [7, 11) is 0. The van der Waals surface area contributed by atoms with Gasteiger partial charge in [-0.3, -0.25) is 9.69 Å². The maximum Gasteiger partial charge on any atom is 0.260 e. The fourth-order valence-corrected chi connectivity index (χ4v) is 3.15. The van der Waals surface area contributed by atoms with Crippen molar-refractivity contribution in [2.24, 2.45) is 0 Å². The molecule has 126 valence electrons. The molecule has 0 aliphatic carbocycles. The quantitative estimate of drug-likeness (QED) is 0.824. The van der Waals surface area contributed by atoms with Crippen LogP contribution in [0, 0.1) is 0 Å². The molecule has 1 aromatic carbocycles. The Morgan fingerprint density at radius 1 is 1.22 bits per heavy atom. The first-order valence-corrected chi connectivity index (χ1v) is 8.58. The third-order valence-corrected chi connectivity index (χ3v) is 4.64. The van der Waals surface area contributed by atoms with Crippen molar-refractivity contribution in [2.45, 2.75) is 18.9 Å². The molecule has 5 nitrogen and oxygen atoms in total. The van der Waals surface area contributed by atoms with E-state index in [4.69, 9.17) is 21.1 Å². The Hall–Kier alpha value is -1.30. The van der Waals surface area contributed by atoms with Crippen molar-refractivity contribution < 1.29 is 14.3 Å². The van der Waals surface area contributed by atoms with Crippen LogP contribution in [0.1, 0.15) is 12.8 Å². The number of piperazine rings is 1. The highest BCUT2D eigenvalue weighted by atomic mass is 35.5. The summed E-state index contributed by atoms with van der Waals surface area (Å²) in [6.07, 6.45) is 2.71. The van der Waals surface area contributed by atoms with Crippen LogP contribution >= 0.6 is 11.6 Å². The van der Waals surface area contributed by atoms with Crippen LogP contribution in [0.2, 0.25) is 5.02 Å². The van der Waals surface area contributed by atoms with Gasteiger partial charge < -0.3 is 14.4 Å². The first-order valence-electron chi connectivity index (χ1n) is 8.21. The van der Waals surface area contributed by atoms with E-state index in [-0.39, 0.29) is 12.5 Å². The van der Waals surface area contributed by atoms with Crippen molar-refractivity contribution in [3.05, 3.63) is 29.3 Å². The van der Waals surface area contributed by atoms with Gasteiger partial charge in [-0.05, 0) is 37.1 Å². The summed E-state index contributed by atoms with van der Waals surface area (Å²) in [4.78, 5) is 16.5. The van der Waals surface area contributed by atoms with Gasteiger partial charge in [-0.15, -0.1) is 0 Å². The Morgan fingerprint density at radius 3 is 2.61 bits per heavy atom. The molecule has 2 aliphatic heterocycles. The maximum atomic E-state index is 12.2. The van der Waals surface area contributed by atoms with Gasteiger partial charge in [0.2, 0.25) is 0 Å². The number of amides is 1. The average molecular weight is 339 g/mol. The number of halogens is 1. The van der Waals surface area contributed by atoms with E-state index in [0.717, 1.165) is 45.8 Å². The molecule has 2 aliphatic rings. The van der Waals surface area contributed by atoms with Gasteiger partial charge in [0.05, 0.1) is 6.10 Å². The number of carbonyl (C=O) groups excluding carboxylic acids is 1. The molecular weight excluding hydrogens is 316 g/mol. The molecule has 1 unspecified atom stereocenters. The van der Waals surface area contributed by atoms with Gasteiger partial charge in [-0.25, -0.2) is 0 Å². The Labute approximate surface area is 142 Å². The third-order valence-electron chi connectivity index (χ3n) is 4.39. The summed E-state index contributed by atoms with van der Waals surface area (Å²) in [5.41, 5.74) is 0. The van der Waals surface area contributed by atoms with Crippen molar-refractivity contribution in [3.8, 4) is 5.75 Å². The first-order chi connectivity index (χ1) is 11.2. The fraction of sp³-hybridized carbons (Fsp3) is 0.588. The number of nitrogens with zero attached hydrogens (tertiary/aromatic N) is 2. The average Bonchev–Trinajstić information content (AvgIpc) is 3.08. The van der Waals surface area contributed by atoms with Crippen molar-refractivity contribution in [1.82, 2.24) is 9.80 Å². The van der Waals surface area contributed by atoms with Crippen molar-refractivity contribution in [3.63, 3.8) is 0 Å². The zero-order valence-corrected chi connectivity index (χ0v) is 14.0. The van der Waals surface area contributed by atoms with Crippen LogP contribution in [0.4, 0.5) is 0 Å². The first kappa shape index (κ1) is 16.6. The Balaban J connectivity index is 1.38. The summed E-state index contributed by atoms with van der Waals surface area (Å²) >= 11 is 5.83. The lowest BCUT2D eigenvalue weighted by Crippen LogP contribution is -2.51. The van der Waals surface area contributed by atoms with Gasteiger partial charge in [0, 0.05) is 44.4 Å². The standard InChI is InChI=1S/C17H23ClN2O3/c18-14-3-5-15(6-4-14)23-13-17(21)20-9-7-19(8-10-20)12-16-2-1-11-22-16/h3-6,16H,1-2,7-13H2. The molecule has 0 aromatic heterocycles. The number of hydrogen-bond acceptors (Lipinski definition) is 4. The molecule has 6 heteroatoms. The maximum absolute atomic E-state index is 12.2. The number of ether oxygens (including phenoxy) is 2. The van der Waals surface area contributed by atoms with E-state index in [2.05, 4.69) is 4.90 Å². The molecular formula is C17H23ClN2O3. The van der Waals surface area contributed by atoms with Crippen LogP contribution < -0.4 is 4.74 Å². The second-order valence-electron chi connectivity index (χ2n) is 6.06. The van der Waals surface area contributed by atoms with Crippen molar-refractivity contribution >= 4 is 17.5 Å². The lowest BCUT2D eigenvalue weighted by Gasteiger charge is -2.35. The van der Waals surface area contributed by atoms with Crippen LogP contribution in [-0.4, -0.2) is 67.7 Å². The van der Waals surface area contributed by atoms with E-state index in [9.17, 15) is 4.79 Å². The molecule has 0 radical (unpaired) electrons. The molecule has 0 N–H and O–H groups in total. The van der Waals surface area contributed by atoms with Crippen molar-refractivity contribution in [1.29, 1.82) is 0 Å². The summed E-state index contributed by atoms with van der Waals surface area (Å²) in [5, 5.41) is 0.658. The molecule has 2 fully saturated rings. The Kier molecular flexibility index (Phi) is 5.75. The van der Waals surface area contributed by atoms with Gasteiger partial charge in [-0.1, -0.05) is 11.6 Å². The topological polar surface area (TPSA) is 42.0 Å². The van der Waals surface area contributed by atoms with Crippen LogP contribution in [0.3, 0.4) is 0 Å².